The first-order valence-electron chi connectivity index (χ1n) is 10.6. The van der Waals surface area contributed by atoms with Crippen LogP contribution in [0.5, 0.6) is 0 Å². The van der Waals surface area contributed by atoms with Crippen molar-refractivity contribution in [3.8, 4) is 0 Å². The van der Waals surface area contributed by atoms with Crippen LogP contribution in [0.1, 0.15) is 70.0 Å². The minimum atomic E-state index is -0.591. The minimum Gasteiger partial charge on any atom is -0.335 e. The first kappa shape index (κ1) is 18.1. The third-order valence-electron chi connectivity index (χ3n) is 9.06. The Bertz CT molecular complexity index is 964. The SMILES string of the molecule is Cc1nc2c(c(=O)[nH]1)CC1CCC(C2)N1C(=O)C12CCC(C)(C(=O)C1)C2(C)C. The number of H-pyrrole nitrogens is 1. The smallest absolute Gasteiger partial charge is 0.254 e. The van der Waals surface area contributed by atoms with Crippen molar-refractivity contribution in [1.29, 1.82) is 0 Å². The Hall–Kier alpha value is -1.98. The molecule has 1 saturated heterocycles. The summed E-state index contributed by atoms with van der Waals surface area (Å²) in [5.41, 5.74) is 0.204. The predicted molar refractivity (Wildman–Crippen MR) is 104 cm³/mol. The fourth-order valence-corrected chi connectivity index (χ4v) is 6.78. The molecule has 150 valence electrons. The fraction of sp³-hybridized carbons (Fsp3) is 0.727. The van der Waals surface area contributed by atoms with E-state index in [0.29, 0.717) is 25.1 Å². The van der Waals surface area contributed by atoms with E-state index < -0.39 is 10.8 Å². The summed E-state index contributed by atoms with van der Waals surface area (Å²) in [5.74, 6) is 1.03. The van der Waals surface area contributed by atoms with Gasteiger partial charge in [0.25, 0.3) is 5.56 Å². The highest BCUT2D eigenvalue weighted by Crippen LogP contribution is 2.71. The van der Waals surface area contributed by atoms with E-state index in [-0.39, 0.29) is 34.7 Å². The van der Waals surface area contributed by atoms with E-state index in [4.69, 9.17) is 0 Å². The Balaban J connectivity index is 1.55. The van der Waals surface area contributed by atoms with Crippen molar-refractivity contribution in [2.75, 3.05) is 0 Å². The standard InChI is InChI=1S/C22H29N3O3/c1-12-23-16-10-14-6-5-13(9-15(16)18(27)24-12)25(14)19(28)22-8-7-21(4,17(26)11-22)20(22,2)3/h13-14H,5-11H2,1-4H3,(H,23,24,27). The van der Waals surface area contributed by atoms with Crippen LogP contribution in [0.2, 0.25) is 0 Å². The summed E-state index contributed by atoms with van der Waals surface area (Å²) >= 11 is 0. The van der Waals surface area contributed by atoms with Crippen LogP contribution in [0.15, 0.2) is 4.79 Å². The monoisotopic (exact) mass is 383 g/mol. The van der Waals surface area contributed by atoms with Gasteiger partial charge in [0.05, 0.1) is 11.1 Å². The van der Waals surface area contributed by atoms with Gasteiger partial charge < -0.3 is 9.88 Å². The van der Waals surface area contributed by atoms with E-state index in [9.17, 15) is 14.4 Å². The molecule has 4 bridgehead atoms. The van der Waals surface area contributed by atoms with Gasteiger partial charge in [-0.2, -0.15) is 0 Å². The van der Waals surface area contributed by atoms with Crippen molar-refractivity contribution in [3.05, 3.63) is 27.4 Å². The molecule has 4 atom stereocenters. The molecule has 5 rings (SSSR count). The molecular weight excluding hydrogens is 354 g/mol. The number of rotatable bonds is 1. The number of hydrogen-bond donors (Lipinski definition) is 1. The normalized spacial score (nSPS) is 37.9. The summed E-state index contributed by atoms with van der Waals surface area (Å²) in [6, 6.07) is 0.122. The first-order valence-corrected chi connectivity index (χ1v) is 10.6. The highest BCUT2D eigenvalue weighted by molar-refractivity contribution is 6.00. The van der Waals surface area contributed by atoms with Gasteiger partial charge in [-0.1, -0.05) is 20.8 Å². The molecule has 0 radical (unpaired) electrons. The molecule has 28 heavy (non-hydrogen) atoms. The molecule has 2 saturated carbocycles. The van der Waals surface area contributed by atoms with Gasteiger partial charge in [-0.25, -0.2) is 4.98 Å². The van der Waals surface area contributed by atoms with Gasteiger partial charge in [0.2, 0.25) is 5.91 Å². The lowest BCUT2D eigenvalue weighted by atomic mass is 9.64. The molecule has 2 aliphatic heterocycles. The maximum Gasteiger partial charge on any atom is 0.254 e. The highest BCUT2D eigenvalue weighted by atomic mass is 16.2. The molecule has 3 heterocycles. The Kier molecular flexibility index (Phi) is 3.44. The third kappa shape index (κ3) is 1.94. The molecule has 6 heteroatoms. The fourth-order valence-electron chi connectivity index (χ4n) is 6.78. The molecule has 4 unspecified atom stereocenters. The maximum atomic E-state index is 14.1. The Morgan fingerprint density at radius 3 is 2.39 bits per heavy atom. The molecule has 1 aromatic rings. The lowest BCUT2D eigenvalue weighted by Crippen LogP contribution is -2.53. The summed E-state index contributed by atoms with van der Waals surface area (Å²) in [4.78, 5) is 48.9. The molecule has 1 N–H and O–H groups in total. The van der Waals surface area contributed by atoms with Crippen LogP contribution in [0.3, 0.4) is 0 Å². The third-order valence-corrected chi connectivity index (χ3v) is 9.06. The Morgan fingerprint density at radius 1 is 1.11 bits per heavy atom. The number of aryl methyl sites for hydroxylation is 1. The number of carbonyl (C=O) groups is 2. The van der Waals surface area contributed by atoms with Crippen molar-refractivity contribution in [2.45, 2.75) is 84.7 Å². The highest BCUT2D eigenvalue weighted by Gasteiger charge is 2.73. The van der Waals surface area contributed by atoms with Crippen LogP contribution in [-0.4, -0.2) is 38.6 Å². The number of Topliss-reactive ketones (excluding diaryl/α,β-unsaturated/α-hetero) is 1. The number of nitrogens with zero attached hydrogens (tertiary/aromatic N) is 2. The number of carbonyl (C=O) groups excluding carboxylic acids is 2. The summed E-state index contributed by atoms with van der Waals surface area (Å²) < 4.78 is 0. The molecule has 1 aromatic heterocycles. The minimum absolute atomic E-state index is 0.0390. The molecule has 2 aliphatic carbocycles. The average Bonchev–Trinajstić information content (AvgIpc) is 3.07. The van der Waals surface area contributed by atoms with Crippen molar-refractivity contribution in [1.82, 2.24) is 14.9 Å². The number of amides is 1. The quantitative estimate of drug-likeness (QED) is 0.807. The van der Waals surface area contributed by atoms with Gasteiger partial charge >= 0.3 is 0 Å². The van der Waals surface area contributed by atoms with Crippen LogP contribution in [0.25, 0.3) is 0 Å². The van der Waals surface area contributed by atoms with Crippen LogP contribution >= 0.6 is 0 Å². The second-order valence-electron chi connectivity index (χ2n) is 10.2. The number of aromatic amines is 1. The zero-order chi connectivity index (χ0) is 20.1. The number of ketones is 1. The van der Waals surface area contributed by atoms with Crippen molar-refractivity contribution in [2.24, 2.45) is 16.2 Å². The van der Waals surface area contributed by atoms with Crippen LogP contribution in [-0.2, 0) is 22.4 Å². The molecule has 0 aromatic carbocycles. The van der Waals surface area contributed by atoms with Gasteiger partial charge in [0, 0.05) is 42.3 Å². The largest absolute Gasteiger partial charge is 0.335 e. The van der Waals surface area contributed by atoms with Crippen LogP contribution in [0, 0.1) is 23.2 Å². The molecule has 4 aliphatic rings. The molecular formula is C22H29N3O3. The average molecular weight is 383 g/mol. The van der Waals surface area contributed by atoms with Gasteiger partial charge in [0.15, 0.2) is 0 Å². The van der Waals surface area contributed by atoms with E-state index in [2.05, 4.69) is 35.6 Å². The summed E-state index contributed by atoms with van der Waals surface area (Å²) in [6.45, 7) is 8.09. The van der Waals surface area contributed by atoms with Crippen molar-refractivity contribution >= 4 is 11.7 Å². The Labute approximate surface area is 165 Å². The first-order chi connectivity index (χ1) is 13.1. The predicted octanol–water partition coefficient (Wildman–Crippen LogP) is 2.32. The molecule has 6 nitrogen and oxygen atoms in total. The molecule has 1 amide bonds. The zero-order valence-electron chi connectivity index (χ0n) is 17.2. The summed E-state index contributed by atoms with van der Waals surface area (Å²) in [5, 5.41) is 0. The molecule has 0 spiro atoms. The lowest BCUT2D eigenvalue weighted by molar-refractivity contribution is -0.150. The van der Waals surface area contributed by atoms with Gasteiger partial charge in [-0.05, 0) is 38.0 Å². The van der Waals surface area contributed by atoms with Gasteiger partial charge in [-0.3, -0.25) is 14.4 Å². The second kappa shape index (κ2) is 5.33. The maximum absolute atomic E-state index is 14.1. The van der Waals surface area contributed by atoms with Gasteiger partial charge in [0.1, 0.15) is 11.6 Å². The number of aromatic nitrogens is 2. The topological polar surface area (TPSA) is 83.1 Å². The van der Waals surface area contributed by atoms with E-state index in [1.165, 1.54) is 0 Å². The van der Waals surface area contributed by atoms with Crippen LogP contribution in [0.4, 0.5) is 0 Å². The lowest BCUT2D eigenvalue weighted by Gasteiger charge is -2.43. The second-order valence-corrected chi connectivity index (χ2v) is 10.2. The van der Waals surface area contributed by atoms with E-state index in [1.807, 2.05) is 0 Å². The van der Waals surface area contributed by atoms with Crippen LogP contribution < -0.4 is 5.56 Å². The molecule has 3 fully saturated rings. The number of hydrogen-bond acceptors (Lipinski definition) is 4. The van der Waals surface area contributed by atoms with Crippen molar-refractivity contribution < 1.29 is 9.59 Å². The Morgan fingerprint density at radius 2 is 1.79 bits per heavy atom. The van der Waals surface area contributed by atoms with E-state index >= 15 is 0 Å². The summed E-state index contributed by atoms with van der Waals surface area (Å²) in [7, 11) is 0. The van der Waals surface area contributed by atoms with E-state index in [0.717, 1.165) is 36.9 Å². The summed E-state index contributed by atoms with van der Waals surface area (Å²) in [6.07, 6.45) is 5.05. The van der Waals surface area contributed by atoms with Crippen molar-refractivity contribution in [3.63, 3.8) is 0 Å². The number of fused-ring (bicyclic) bond motifs is 5. The number of nitrogens with one attached hydrogen (secondary N) is 1. The van der Waals surface area contributed by atoms with E-state index in [1.54, 1.807) is 6.92 Å². The van der Waals surface area contributed by atoms with Gasteiger partial charge in [-0.15, -0.1) is 0 Å². The zero-order valence-corrected chi connectivity index (χ0v) is 17.2.